The van der Waals surface area contributed by atoms with E-state index >= 15 is 0 Å². The molecule has 0 spiro atoms. The highest BCUT2D eigenvalue weighted by Crippen LogP contribution is 2.28. The van der Waals surface area contributed by atoms with Crippen LogP contribution in [0.25, 0.3) is 0 Å². The van der Waals surface area contributed by atoms with Crippen LogP contribution < -0.4 is 0 Å². The van der Waals surface area contributed by atoms with Crippen molar-refractivity contribution in [2.75, 3.05) is 14.1 Å². The van der Waals surface area contributed by atoms with Crippen LogP contribution in [-0.2, 0) is 0 Å². The summed E-state index contributed by atoms with van der Waals surface area (Å²) < 4.78 is 0. The van der Waals surface area contributed by atoms with Gasteiger partial charge in [0.15, 0.2) is 0 Å². The van der Waals surface area contributed by atoms with Crippen LogP contribution in [0.3, 0.4) is 0 Å². The average Bonchev–Trinajstić information content (AvgIpc) is 2.26. The molecule has 80 valence electrons. The molecule has 2 atom stereocenters. The minimum absolute atomic E-state index is 0.0578. The Hall–Kier alpha value is -1.33. The third-order valence-corrected chi connectivity index (χ3v) is 2.68. The fraction of sp³-hybridized carbons (Fsp3) is 0.462. The summed E-state index contributed by atoms with van der Waals surface area (Å²) in [6, 6.07) is 12.8. The van der Waals surface area contributed by atoms with Crippen LogP contribution in [-0.4, -0.2) is 19.0 Å². The SMILES string of the molecule is CCC(C#N)C(c1ccccc1)N(C)C. The molecule has 2 unspecified atom stereocenters. The summed E-state index contributed by atoms with van der Waals surface area (Å²) in [5, 5.41) is 9.13. The second-order valence-corrected chi connectivity index (χ2v) is 3.96. The summed E-state index contributed by atoms with van der Waals surface area (Å²) in [7, 11) is 4.05. The first-order valence-electron chi connectivity index (χ1n) is 5.31. The number of nitrogens with zero attached hydrogens (tertiary/aromatic N) is 2. The summed E-state index contributed by atoms with van der Waals surface area (Å²) in [4.78, 5) is 2.12. The zero-order valence-electron chi connectivity index (χ0n) is 9.64. The van der Waals surface area contributed by atoms with E-state index in [1.54, 1.807) is 0 Å². The van der Waals surface area contributed by atoms with Crippen LogP contribution in [0.1, 0.15) is 24.9 Å². The second kappa shape index (κ2) is 5.53. The van der Waals surface area contributed by atoms with Gasteiger partial charge in [-0.3, -0.25) is 0 Å². The smallest absolute Gasteiger partial charge is 0.0675 e. The van der Waals surface area contributed by atoms with Gasteiger partial charge in [0.1, 0.15) is 0 Å². The average molecular weight is 202 g/mol. The highest BCUT2D eigenvalue weighted by Gasteiger charge is 2.23. The van der Waals surface area contributed by atoms with Crippen molar-refractivity contribution in [3.05, 3.63) is 35.9 Å². The molecule has 0 heterocycles. The van der Waals surface area contributed by atoms with E-state index in [1.807, 2.05) is 32.3 Å². The summed E-state index contributed by atoms with van der Waals surface area (Å²) in [6.45, 7) is 2.06. The normalized spacial score (nSPS) is 14.6. The second-order valence-electron chi connectivity index (χ2n) is 3.96. The molecule has 0 fully saturated rings. The van der Waals surface area contributed by atoms with Crippen LogP contribution in [0, 0.1) is 17.2 Å². The first kappa shape index (κ1) is 11.7. The van der Waals surface area contributed by atoms with Crippen LogP contribution in [0.5, 0.6) is 0 Å². The highest BCUT2D eigenvalue weighted by atomic mass is 15.1. The van der Waals surface area contributed by atoms with Crippen LogP contribution in [0.4, 0.5) is 0 Å². The lowest BCUT2D eigenvalue weighted by Gasteiger charge is -2.28. The predicted molar refractivity (Wildman–Crippen MR) is 62.3 cm³/mol. The Labute approximate surface area is 92.1 Å². The van der Waals surface area contributed by atoms with Gasteiger partial charge in [-0.05, 0) is 26.1 Å². The van der Waals surface area contributed by atoms with Gasteiger partial charge in [0, 0.05) is 0 Å². The molecular weight excluding hydrogens is 184 g/mol. The van der Waals surface area contributed by atoms with Crippen molar-refractivity contribution in [1.29, 1.82) is 5.26 Å². The Morgan fingerprint density at radius 3 is 2.27 bits per heavy atom. The molecule has 0 N–H and O–H groups in total. The van der Waals surface area contributed by atoms with Gasteiger partial charge in [0.2, 0.25) is 0 Å². The predicted octanol–water partition coefficient (Wildman–Crippen LogP) is 2.84. The Kier molecular flexibility index (Phi) is 4.33. The number of hydrogen-bond donors (Lipinski definition) is 0. The fourth-order valence-electron chi connectivity index (χ4n) is 1.93. The summed E-state index contributed by atoms with van der Waals surface area (Å²) in [6.07, 6.45) is 0.883. The van der Waals surface area contributed by atoms with E-state index < -0.39 is 0 Å². The van der Waals surface area contributed by atoms with Crippen molar-refractivity contribution >= 4 is 0 Å². The van der Waals surface area contributed by atoms with Crippen molar-refractivity contribution in [2.24, 2.45) is 5.92 Å². The third kappa shape index (κ3) is 2.81. The highest BCUT2D eigenvalue weighted by molar-refractivity contribution is 5.21. The molecule has 0 radical (unpaired) electrons. The molecule has 0 aliphatic carbocycles. The molecule has 1 rings (SSSR count). The summed E-state index contributed by atoms with van der Waals surface area (Å²) in [5.74, 6) is 0.0578. The van der Waals surface area contributed by atoms with Gasteiger partial charge in [0.05, 0.1) is 18.0 Å². The first-order valence-corrected chi connectivity index (χ1v) is 5.31. The Morgan fingerprint density at radius 1 is 1.27 bits per heavy atom. The molecule has 0 aliphatic rings. The number of nitriles is 1. The number of hydrogen-bond acceptors (Lipinski definition) is 2. The lowest BCUT2D eigenvalue weighted by atomic mass is 9.91. The van der Waals surface area contributed by atoms with E-state index in [1.165, 1.54) is 5.56 Å². The Bertz CT molecular complexity index is 324. The van der Waals surface area contributed by atoms with Gasteiger partial charge < -0.3 is 4.90 Å². The fourth-order valence-corrected chi connectivity index (χ4v) is 1.93. The van der Waals surface area contributed by atoms with Crippen molar-refractivity contribution in [2.45, 2.75) is 19.4 Å². The maximum Gasteiger partial charge on any atom is 0.0675 e. The van der Waals surface area contributed by atoms with Gasteiger partial charge in [-0.1, -0.05) is 37.3 Å². The molecule has 2 heteroatoms. The van der Waals surface area contributed by atoms with E-state index in [2.05, 4.69) is 30.0 Å². The third-order valence-electron chi connectivity index (χ3n) is 2.68. The zero-order chi connectivity index (χ0) is 11.3. The lowest BCUT2D eigenvalue weighted by Crippen LogP contribution is -2.26. The van der Waals surface area contributed by atoms with Crippen molar-refractivity contribution in [1.82, 2.24) is 4.90 Å². The molecule has 0 aliphatic heterocycles. The van der Waals surface area contributed by atoms with Crippen molar-refractivity contribution in [3.8, 4) is 6.07 Å². The van der Waals surface area contributed by atoms with Gasteiger partial charge >= 0.3 is 0 Å². The zero-order valence-corrected chi connectivity index (χ0v) is 9.64. The first-order chi connectivity index (χ1) is 7.20. The molecule has 0 bridgehead atoms. The molecule has 15 heavy (non-hydrogen) atoms. The molecule has 2 nitrogen and oxygen atoms in total. The Morgan fingerprint density at radius 2 is 1.87 bits per heavy atom. The van der Waals surface area contributed by atoms with Crippen molar-refractivity contribution in [3.63, 3.8) is 0 Å². The standard InChI is InChI=1S/C13H18N2/c1-4-11(10-14)13(15(2)3)12-8-6-5-7-9-12/h5-9,11,13H,4H2,1-3H3. The van der Waals surface area contributed by atoms with Crippen LogP contribution in [0.15, 0.2) is 30.3 Å². The van der Waals surface area contributed by atoms with E-state index in [0.29, 0.717) is 0 Å². The van der Waals surface area contributed by atoms with Crippen LogP contribution >= 0.6 is 0 Å². The van der Waals surface area contributed by atoms with E-state index in [9.17, 15) is 0 Å². The van der Waals surface area contributed by atoms with E-state index in [0.717, 1.165) is 6.42 Å². The maximum atomic E-state index is 9.13. The lowest BCUT2D eigenvalue weighted by molar-refractivity contribution is 0.241. The molecule has 1 aromatic carbocycles. The number of rotatable bonds is 4. The summed E-state index contributed by atoms with van der Waals surface area (Å²) >= 11 is 0. The molecule has 0 aromatic heterocycles. The quantitative estimate of drug-likeness (QED) is 0.750. The largest absolute Gasteiger partial charge is 0.301 e. The monoisotopic (exact) mass is 202 g/mol. The van der Waals surface area contributed by atoms with Crippen molar-refractivity contribution < 1.29 is 0 Å². The minimum Gasteiger partial charge on any atom is -0.301 e. The topological polar surface area (TPSA) is 27.0 Å². The minimum atomic E-state index is 0.0578. The van der Waals surface area contributed by atoms with Crippen LogP contribution in [0.2, 0.25) is 0 Å². The van der Waals surface area contributed by atoms with Gasteiger partial charge in [0.25, 0.3) is 0 Å². The molecular formula is C13H18N2. The van der Waals surface area contributed by atoms with Gasteiger partial charge in [-0.15, -0.1) is 0 Å². The molecule has 0 saturated carbocycles. The van der Waals surface area contributed by atoms with E-state index in [4.69, 9.17) is 5.26 Å². The molecule has 0 saturated heterocycles. The molecule has 0 amide bonds. The van der Waals surface area contributed by atoms with E-state index in [-0.39, 0.29) is 12.0 Å². The Balaban J connectivity index is 2.99. The summed E-state index contributed by atoms with van der Waals surface area (Å²) in [5.41, 5.74) is 1.22. The van der Waals surface area contributed by atoms with Gasteiger partial charge in [-0.2, -0.15) is 5.26 Å². The molecule has 1 aromatic rings. The number of benzene rings is 1. The maximum absolute atomic E-state index is 9.13. The van der Waals surface area contributed by atoms with Gasteiger partial charge in [-0.25, -0.2) is 0 Å².